The Morgan fingerprint density at radius 3 is 2.77 bits per heavy atom. The number of anilines is 1. The predicted octanol–water partition coefficient (Wildman–Crippen LogP) is 7.03. The standard InChI is InChI=1S/C29H35N5S/c1-5-34(4)18-22-8-6-7-9-24(22)28-15-14-27(35-28)19(2)31-29-25-16-23(13-12-21-10-11-21)30-17-26(25)32-20(3)33-29/h6-9,14-17,19,21H,5,10-13,18H2,1-4H3,(H,31,32,33). The highest BCUT2D eigenvalue weighted by molar-refractivity contribution is 7.15. The van der Waals surface area contributed by atoms with Gasteiger partial charge in [-0.15, -0.1) is 11.3 Å². The summed E-state index contributed by atoms with van der Waals surface area (Å²) in [6, 6.07) is 15.6. The molecule has 0 aliphatic heterocycles. The number of thiophene rings is 1. The largest absolute Gasteiger partial charge is 0.362 e. The second-order valence-corrected chi connectivity index (χ2v) is 11.0. The molecular formula is C29H35N5S. The highest BCUT2D eigenvalue weighted by Crippen LogP contribution is 2.36. The maximum atomic E-state index is 4.79. The smallest absolute Gasteiger partial charge is 0.138 e. The van der Waals surface area contributed by atoms with E-state index in [0.29, 0.717) is 0 Å². The van der Waals surface area contributed by atoms with Crippen molar-refractivity contribution < 1.29 is 0 Å². The van der Waals surface area contributed by atoms with Crippen molar-refractivity contribution in [3.63, 3.8) is 0 Å². The number of aryl methyl sites for hydroxylation is 2. The molecule has 1 saturated carbocycles. The first kappa shape index (κ1) is 23.9. The molecule has 0 radical (unpaired) electrons. The average Bonchev–Trinajstić information content (AvgIpc) is 3.56. The van der Waals surface area contributed by atoms with Crippen LogP contribution >= 0.6 is 11.3 Å². The van der Waals surface area contributed by atoms with Crippen LogP contribution in [-0.2, 0) is 13.0 Å². The zero-order valence-corrected chi connectivity index (χ0v) is 22.0. The van der Waals surface area contributed by atoms with Crippen molar-refractivity contribution in [3.05, 3.63) is 70.6 Å². The number of aromatic nitrogens is 3. The van der Waals surface area contributed by atoms with Crippen LogP contribution in [-0.4, -0.2) is 33.4 Å². The van der Waals surface area contributed by atoms with Gasteiger partial charge in [-0.25, -0.2) is 9.97 Å². The van der Waals surface area contributed by atoms with Crippen molar-refractivity contribution in [2.24, 2.45) is 5.92 Å². The van der Waals surface area contributed by atoms with Crippen molar-refractivity contribution in [3.8, 4) is 10.4 Å². The number of pyridine rings is 1. The molecule has 0 amide bonds. The van der Waals surface area contributed by atoms with E-state index in [-0.39, 0.29) is 6.04 Å². The van der Waals surface area contributed by atoms with Gasteiger partial charge in [-0.05, 0) is 75.5 Å². The second-order valence-electron chi connectivity index (χ2n) is 9.85. The van der Waals surface area contributed by atoms with E-state index in [1.165, 1.54) is 40.1 Å². The lowest BCUT2D eigenvalue weighted by atomic mass is 10.1. The molecule has 1 aliphatic carbocycles. The minimum atomic E-state index is 0.139. The van der Waals surface area contributed by atoms with Crippen LogP contribution in [0.4, 0.5) is 5.82 Å². The third kappa shape index (κ3) is 5.71. The van der Waals surface area contributed by atoms with E-state index in [2.05, 4.69) is 83.5 Å². The molecule has 0 saturated heterocycles. The van der Waals surface area contributed by atoms with Crippen LogP contribution in [0.1, 0.15) is 61.1 Å². The van der Waals surface area contributed by atoms with E-state index >= 15 is 0 Å². The van der Waals surface area contributed by atoms with Crippen LogP contribution in [0.25, 0.3) is 21.3 Å². The lowest BCUT2D eigenvalue weighted by Crippen LogP contribution is -2.17. The zero-order chi connectivity index (χ0) is 24.4. The summed E-state index contributed by atoms with van der Waals surface area (Å²) in [5.74, 6) is 2.57. The number of fused-ring (bicyclic) bond motifs is 1. The fourth-order valence-electron chi connectivity index (χ4n) is 4.50. The van der Waals surface area contributed by atoms with Gasteiger partial charge in [0, 0.05) is 27.4 Å². The van der Waals surface area contributed by atoms with Gasteiger partial charge in [-0.2, -0.15) is 0 Å². The van der Waals surface area contributed by atoms with E-state index < -0.39 is 0 Å². The highest BCUT2D eigenvalue weighted by atomic mass is 32.1. The first-order valence-corrected chi connectivity index (χ1v) is 13.6. The number of nitrogens with zero attached hydrogens (tertiary/aromatic N) is 4. The van der Waals surface area contributed by atoms with Gasteiger partial charge < -0.3 is 10.2 Å². The quantitative estimate of drug-likeness (QED) is 0.261. The molecule has 1 N–H and O–H groups in total. The van der Waals surface area contributed by atoms with Crippen molar-refractivity contribution in [2.45, 2.75) is 59.0 Å². The Morgan fingerprint density at radius 2 is 1.97 bits per heavy atom. The number of nitrogens with one attached hydrogen (secondary N) is 1. The van der Waals surface area contributed by atoms with Crippen molar-refractivity contribution in [1.82, 2.24) is 19.9 Å². The summed E-state index contributed by atoms with van der Waals surface area (Å²) in [6.45, 7) is 8.35. The van der Waals surface area contributed by atoms with Crippen LogP contribution in [0.3, 0.4) is 0 Å². The summed E-state index contributed by atoms with van der Waals surface area (Å²) in [7, 11) is 2.17. The lowest BCUT2D eigenvalue weighted by Gasteiger charge is -2.17. The zero-order valence-electron chi connectivity index (χ0n) is 21.2. The molecule has 5 rings (SSSR count). The number of rotatable bonds is 10. The van der Waals surface area contributed by atoms with Gasteiger partial charge in [0.2, 0.25) is 0 Å². The fraction of sp³-hybridized carbons (Fsp3) is 0.414. The summed E-state index contributed by atoms with van der Waals surface area (Å²) in [5.41, 5.74) is 4.74. The second kappa shape index (κ2) is 10.4. The average molecular weight is 486 g/mol. The predicted molar refractivity (Wildman–Crippen MR) is 147 cm³/mol. The molecule has 3 heterocycles. The van der Waals surface area contributed by atoms with Gasteiger partial charge in [-0.1, -0.05) is 44.0 Å². The maximum Gasteiger partial charge on any atom is 0.138 e. The molecule has 0 bridgehead atoms. The Hall–Kier alpha value is -2.83. The third-order valence-electron chi connectivity index (χ3n) is 6.93. The van der Waals surface area contributed by atoms with E-state index in [1.54, 1.807) is 0 Å². The molecule has 1 atom stereocenters. The summed E-state index contributed by atoms with van der Waals surface area (Å²) >= 11 is 1.86. The summed E-state index contributed by atoms with van der Waals surface area (Å²) in [6.07, 6.45) is 6.93. The minimum absolute atomic E-state index is 0.139. The first-order valence-electron chi connectivity index (χ1n) is 12.8. The van der Waals surface area contributed by atoms with Gasteiger partial charge in [0.25, 0.3) is 0 Å². The Labute approximate surface area is 212 Å². The van der Waals surface area contributed by atoms with Crippen molar-refractivity contribution in [1.29, 1.82) is 0 Å². The summed E-state index contributed by atoms with van der Waals surface area (Å²) in [5, 5.41) is 4.75. The van der Waals surface area contributed by atoms with Crippen LogP contribution < -0.4 is 5.32 Å². The third-order valence-corrected chi connectivity index (χ3v) is 8.23. The minimum Gasteiger partial charge on any atom is -0.362 e. The van der Waals surface area contributed by atoms with Gasteiger partial charge in [0.15, 0.2) is 0 Å². The highest BCUT2D eigenvalue weighted by Gasteiger charge is 2.21. The molecule has 4 aromatic rings. The molecule has 1 aliphatic rings. The number of hydrogen-bond donors (Lipinski definition) is 1. The van der Waals surface area contributed by atoms with Crippen molar-refractivity contribution in [2.75, 3.05) is 18.9 Å². The van der Waals surface area contributed by atoms with Gasteiger partial charge >= 0.3 is 0 Å². The van der Waals surface area contributed by atoms with Crippen LogP contribution in [0.2, 0.25) is 0 Å². The lowest BCUT2D eigenvalue weighted by molar-refractivity contribution is 0.346. The SMILES string of the molecule is CCN(C)Cc1ccccc1-c1ccc(C(C)Nc2nc(C)nc3cnc(CCC4CC4)cc23)s1. The van der Waals surface area contributed by atoms with E-state index in [4.69, 9.17) is 4.98 Å². The number of hydrogen-bond acceptors (Lipinski definition) is 6. The Morgan fingerprint density at radius 1 is 1.14 bits per heavy atom. The molecular weight excluding hydrogens is 450 g/mol. The Bertz CT molecular complexity index is 1310. The molecule has 1 unspecified atom stereocenters. The molecule has 5 nitrogen and oxygen atoms in total. The van der Waals surface area contributed by atoms with E-state index in [0.717, 1.165) is 53.7 Å². The van der Waals surface area contributed by atoms with Crippen LogP contribution in [0, 0.1) is 12.8 Å². The molecule has 182 valence electrons. The normalized spacial score (nSPS) is 14.5. The summed E-state index contributed by atoms with van der Waals surface area (Å²) in [4.78, 5) is 19.0. The molecule has 0 spiro atoms. The molecule has 1 aromatic carbocycles. The van der Waals surface area contributed by atoms with Gasteiger partial charge in [0.05, 0.1) is 17.8 Å². The fourth-order valence-corrected chi connectivity index (χ4v) is 5.58. The molecule has 35 heavy (non-hydrogen) atoms. The van der Waals surface area contributed by atoms with Crippen molar-refractivity contribution >= 4 is 28.1 Å². The number of benzene rings is 1. The monoisotopic (exact) mass is 485 g/mol. The van der Waals surface area contributed by atoms with Crippen LogP contribution in [0.5, 0.6) is 0 Å². The molecule has 6 heteroatoms. The van der Waals surface area contributed by atoms with E-state index in [9.17, 15) is 0 Å². The Balaban J connectivity index is 1.38. The Kier molecular flexibility index (Phi) is 7.12. The molecule has 3 aromatic heterocycles. The first-order chi connectivity index (χ1) is 17.0. The van der Waals surface area contributed by atoms with Gasteiger partial charge in [0.1, 0.15) is 11.6 Å². The summed E-state index contributed by atoms with van der Waals surface area (Å²) < 4.78 is 0. The van der Waals surface area contributed by atoms with E-state index in [1.807, 2.05) is 24.5 Å². The maximum absolute atomic E-state index is 4.79. The topological polar surface area (TPSA) is 53.9 Å². The van der Waals surface area contributed by atoms with Gasteiger partial charge in [-0.3, -0.25) is 4.98 Å². The molecule has 1 fully saturated rings. The van der Waals surface area contributed by atoms with Crippen LogP contribution in [0.15, 0.2) is 48.7 Å².